The molecule has 10 aromatic carbocycles. The SMILES string of the molecule is c1ccc(N(c2ccc(-c3ccc4oc5ccccc5c4c3)cc2)c2ccc(-c3cccc4oc5ccccc5c34)cc2)c(-c2cccc3c2oc2c4ccccc4ccc32)c1. The van der Waals surface area contributed by atoms with Crippen LogP contribution in [0.25, 0.3) is 110 Å². The molecule has 3 heterocycles. The van der Waals surface area contributed by atoms with Crippen molar-refractivity contribution >= 4 is 93.7 Å². The topological polar surface area (TPSA) is 42.7 Å². The van der Waals surface area contributed by atoms with Gasteiger partial charge in [-0.2, -0.15) is 0 Å². The van der Waals surface area contributed by atoms with E-state index < -0.39 is 0 Å². The van der Waals surface area contributed by atoms with Crippen LogP contribution in [0.15, 0.2) is 226 Å². The summed E-state index contributed by atoms with van der Waals surface area (Å²) in [6.45, 7) is 0. The monoisotopic (exact) mass is 793 g/mol. The Labute approximate surface area is 356 Å². The van der Waals surface area contributed by atoms with Gasteiger partial charge in [-0.05, 0) is 94.4 Å². The molecule has 0 N–H and O–H groups in total. The minimum Gasteiger partial charge on any atom is -0.456 e. The molecule has 0 fully saturated rings. The van der Waals surface area contributed by atoms with Crippen LogP contribution in [0.1, 0.15) is 0 Å². The lowest BCUT2D eigenvalue weighted by Crippen LogP contribution is -2.11. The molecule has 0 aliphatic heterocycles. The number of rotatable bonds is 6. The first-order chi connectivity index (χ1) is 30.7. The van der Waals surface area contributed by atoms with Crippen molar-refractivity contribution in [1.82, 2.24) is 0 Å². The van der Waals surface area contributed by atoms with Crippen LogP contribution in [0.4, 0.5) is 17.1 Å². The molecule has 13 rings (SSSR count). The Balaban J connectivity index is 0.974. The summed E-state index contributed by atoms with van der Waals surface area (Å²) in [5.74, 6) is 0. The van der Waals surface area contributed by atoms with Gasteiger partial charge in [-0.25, -0.2) is 0 Å². The van der Waals surface area contributed by atoms with E-state index in [2.05, 4.69) is 193 Å². The summed E-state index contributed by atoms with van der Waals surface area (Å²) in [7, 11) is 0. The Morgan fingerprint density at radius 1 is 0.290 bits per heavy atom. The van der Waals surface area contributed by atoms with Crippen molar-refractivity contribution in [1.29, 1.82) is 0 Å². The fourth-order valence-electron chi connectivity index (χ4n) is 9.58. The number of hydrogen-bond acceptors (Lipinski definition) is 4. The molecule has 13 aromatic rings. The Morgan fingerprint density at radius 2 is 0.855 bits per heavy atom. The first-order valence-electron chi connectivity index (χ1n) is 21.0. The van der Waals surface area contributed by atoms with E-state index in [-0.39, 0.29) is 0 Å². The molecular formula is C58H35NO3. The zero-order valence-electron chi connectivity index (χ0n) is 33.4. The molecule has 0 aliphatic carbocycles. The van der Waals surface area contributed by atoms with Crippen molar-refractivity contribution in [3.8, 4) is 33.4 Å². The van der Waals surface area contributed by atoms with E-state index in [0.29, 0.717) is 0 Å². The van der Waals surface area contributed by atoms with Crippen LogP contribution in [0.3, 0.4) is 0 Å². The summed E-state index contributed by atoms with van der Waals surface area (Å²) in [5.41, 5.74) is 15.1. The van der Waals surface area contributed by atoms with E-state index >= 15 is 0 Å². The lowest BCUT2D eigenvalue weighted by atomic mass is 9.97. The Morgan fingerprint density at radius 3 is 1.69 bits per heavy atom. The van der Waals surface area contributed by atoms with Gasteiger partial charge in [0.05, 0.1) is 5.69 Å². The van der Waals surface area contributed by atoms with Crippen LogP contribution in [0.5, 0.6) is 0 Å². The van der Waals surface area contributed by atoms with Gasteiger partial charge in [-0.3, -0.25) is 0 Å². The van der Waals surface area contributed by atoms with Gasteiger partial charge >= 0.3 is 0 Å². The highest BCUT2D eigenvalue weighted by molar-refractivity contribution is 6.18. The van der Waals surface area contributed by atoms with Crippen molar-refractivity contribution in [3.05, 3.63) is 212 Å². The number of para-hydroxylation sites is 4. The fraction of sp³-hybridized carbons (Fsp3) is 0. The minimum atomic E-state index is 0.875. The molecule has 4 heteroatoms. The lowest BCUT2D eigenvalue weighted by molar-refractivity contribution is 0.668. The van der Waals surface area contributed by atoms with Gasteiger partial charge in [0.25, 0.3) is 0 Å². The quantitative estimate of drug-likeness (QED) is 0.168. The van der Waals surface area contributed by atoms with Crippen molar-refractivity contribution in [2.45, 2.75) is 0 Å². The molecular weight excluding hydrogens is 759 g/mol. The third kappa shape index (κ3) is 5.33. The average Bonchev–Trinajstić information content (AvgIpc) is 4.04. The summed E-state index contributed by atoms with van der Waals surface area (Å²) in [6.07, 6.45) is 0. The molecule has 62 heavy (non-hydrogen) atoms. The third-order valence-electron chi connectivity index (χ3n) is 12.5. The highest BCUT2D eigenvalue weighted by Crippen LogP contribution is 2.46. The predicted octanol–water partition coefficient (Wildman–Crippen LogP) is 17.0. The zero-order valence-corrected chi connectivity index (χ0v) is 33.4. The van der Waals surface area contributed by atoms with Crippen LogP contribution in [0, 0.1) is 0 Å². The van der Waals surface area contributed by atoms with Crippen molar-refractivity contribution < 1.29 is 13.3 Å². The van der Waals surface area contributed by atoms with E-state index in [9.17, 15) is 0 Å². The predicted molar refractivity (Wildman–Crippen MR) is 257 cm³/mol. The Bertz CT molecular complexity index is 3870. The molecule has 0 amide bonds. The van der Waals surface area contributed by atoms with Crippen LogP contribution in [-0.4, -0.2) is 0 Å². The van der Waals surface area contributed by atoms with Crippen molar-refractivity contribution in [3.63, 3.8) is 0 Å². The van der Waals surface area contributed by atoms with Crippen LogP contribution < -0.4 is 4.90 Å². The molecule has 4 nitrogen and oxygen atoms in total. The third-order valence-corrected chi connectivity index (χ3v) is 12.5. The average molecular weight is 794 g/mol. The molecule has 0 atom stereocenters. The van der Waals surface area contributed by atoms with Gasteiger partial charge in [-0.1, -0.05) is 146 Å². The number of fused-ring (bicyclic) bond motifs is 11. The number of nitrogens with zero attached hydrogens (tertiary/aromatic N) is 1. The molecule has 3 aromatic heterocycles. The maximum absolute atomic E-state index is 6.90. The molecule has 0 aliphatic rings. The molecule has 0 spiro atoms. The second-order valence-corrected chi connectivity index (χ2v) is 16.0. The number of furan rings is 3. The first-order valence-corrected chi connectivity index (χ1v) is 21.0. The van der Waals surface area contributed by atoms with Gasteiger partial charge in [0, 0.05) is 60.2 Å². The number of benzene rings is 10. The highest BCUT2D eigenvalue weighted by atomic mass is 16.3. The number of anilines is 3. The van der Waals surface area contributed by atoms with Gasteiger partial charge in [0.2, 0.25) is 0 Å². The zero-order chi connectivity index (χ0) is 40.7. The molecule has 0 saturated carbocycles. The van der Waals surface area contributed by atoms with Gasteiger partial charge in [-0.15, -0.1) is 0 Å². The van der Waals surface area contributed by atoms with E-state index in [1.54, 1.807) is 0 Å². The maximum atomic E-state index is 6.90. The van der Waals surface area contributed by atoms with Gasteiger partial charge in [0.15, 0.2) is 0 Å². The fourth-order valence-corrected chi connectivity index (χ4v) is 9.58. The molecule has 0 bridgehead atoms. The van der Waals surface area contributed by atoms with Gasteiger partial charge in [0.1, 0.15) is 33.5 Å². The maximum Gasteiger partial charge on any atom is 0.143 e. The summed E-state index contributed by atoms with van der Waals surface area (Å²) in [4.78, 5) is 2.36. The smallest absolute Gasteiger partial charge is 0.143 e. The lowest BCUT2D eigenvalue weighted by Gasteiger charge is -2.28. The first kappa shape index (κ1) is 34.5. The van der Waals surface area contributed by atoms with E-state index in [1.165, 1.54) is 0 Å². The van der Waals surface area contributed by atoms with E-state index in [0.717, 1.165) is 127 Å². The summed E-state index contributed by atoms with van der Waals surface area (Å²) < 4.78 is 19.3. The van der Waals surface area contributed by atoms with Gasteiger partial charge < -0.3 is 18.2 Å². The van der Waals surface area contributed by atoms with Crippen LogP contribution in [-0.2, 0) is 0 Å². The summed E-state index contributed by atoms with van der Waals surface area (Å²) in [6, 6.07) is 75.1. The Kier molecular flexibility index (Phi) is 7.57. The molecule has 0 unspecified atom stereocenters. The minimum absolute atomic E-state index is 0.875. The van der Waals surface area contributed by atoms with E-state index in [4.69, 9.17) is 13.3 Å². The Hall–Kier alpha value is -8.34. The molecule has 0 radical (unpaired) electrons. The summed E-state index contributed by atoms with van der Waals surface area (Å²) >= 11 is 0. The summed E-state index contributed by atoms with van der Waals surface area (Å²) in [5, 5.41) is 8.97. The second kappa shape index (κ2) is 13.6. The highest BCUT2D eigenvalue weighted by Gasteiger charge is 2.22. The second-order valence-electron chi connectivity index (χ2n) is 16.0. The van der Waals surface area contributed by atoms with E-state index in [1.807, 2.05) is 24.3 Å². The molecule has 290 valence electrons. The largest absolute Gasteiger partial charge is 0.456 e. The van der Waals surface area contributed by atoms with Crippen LogP contribution in [0.2, 0.25) is 0 Å². The standard InChI is InChI=1S/C58H35NO3/c1-2-12-43-37(11-1)27-33-48-47-18-9-17-46(58(47)62-57(43)48)44-13-3-6-19-51(44)59(40-29-23-36(24-30-40)39-28-34-54-50(35-39)45-14-4-7-20-52(45)60-54)41-31-25-38(26-32-41)42-16-10-22-55-56(42)49-15-5-8-21-53(49)61-55/h1-35H. The normalized spacial score (nSPS) is 11.9. The van der Waals surface area contributed by atoms with Crippen molar-refractivity contribution in [2.24, 2.45) is 0 Å². The number of hydrogen-bond donors (Lipinski definition) is 0. The molecule has 0 saturated heterocycles. The van der Waals surface area contributed by atoms with Crippen LogP contribution >= 0.6 is 0 Å². The van der Waals surface area contributed by atoms with Crippen molar-refractivity contribution in [2.75, 3.05) is 4.90 Å².